The number of hydrogen-bond acceptors (Lipinski definition) is 2. The molecule has 0 aliphatic heterocycles. The summed E-state index contributed by atoms with van der Waals surface area (Å²) in [5, 5.41) is 2.51. The van der Waals surface area contributed by atoms with Crippen molar-refractivity contribution in [2.24, 2.45) is 0 Å². The van der Waals surface area contributed by atoms with Crippen molar-refractivity contribution in [1.82, 2.24) is 4.98 Å². The zero-order chi connectivity index (χ0) is 17.6. The van der Waals surface area contributed by atoms with Gasteiger partial charge in [0.25, 0.3) is 10.0 Å². The van der Waals surface area contributed by atoms with E-state index in [-0.39, 0.29) is 10.6 Å². The third kappa shape index (κ3) is 2.64. The number of fused-ring (bicyclic) bond motifs is 3. The van der Waals surface area contributed by atoms with Crippen LogP contribution in [0.5, 0.6) is 0 Å². The standard InChI is InChI=1S/C19H15FN2O2S/c1-12-6-9-17(16(20)10-12)22-25(23,24)18-11-21-19-14-5-3-2-4-13(14)7-8-15(18)19/h2-11,21-22H,1H3. The van der Waals surface area contributed by atoms with Crippen LogP contribution in [0.25, 0.3) is 21.7 Å². The molecule has 4 aromatic rings. The number of aryl methyl sites for hydroxylation is 1. The number of H-pyrrole nitrogens is 1. The van der Waals surface area contributed by atoms with Gasteiger partial charge in [0.2, 0.25) is 0 Å². The Labute approximate surface area is 144 Å². The molecule has 0 saturated carbocycles. The number of benzene rings is 3. The lowest BCUT2D eigenvalue weighted by Gasteiger charge is -2.09. The molecule has 0 aliphatic rings. The van der Waals surface area contributed by atoms with Gasteiger partial charge in [0.1, 0.15) is 10.7 Å². The van der Waals surface area contributed by atoms with E-state index in [2.05, 4.69) is 9.71 Å². The molecule has 0 unspecified atom stereocenters. The van der Waals surface area contributed by atoms with E-state index in [1.165, 1.54) is 18.3 Å². The summed E-state index contributed by atoms with van der Waals surface area (Å²) < 4.78 is 41.8. The van der Waals surface area contributed by atoms with Gasteiger partial charge in [-0.25, -0.2) is 12.8 Å². The van der Waals surface area contributed by atoms with Gasteiger partial charge >= 0.3 is 0 Å². The first kappa shape index (κ1) is 15.7. The Hall–Kier alpha value is -2.86. The van der Waals surface area contributed by atoms with E-state index in [9.17, 15) is 12.8 Å². The van der Waals surface area contributed by atoms with Crippen LogP contribution < -0.4 is 4.72 Å². The number of halogens is 1. The molecule has 0 spiro atoms. The summed E-state index contributed by atoms with van der Waals surface area (Å²) in [6.45, 7) is 1.74. The van der Waals surface area contributed by atoms with Crippen molar-refractivity contribution in [3.05, 3.63) is 72.2 Å². The molecule has 6 heteroatoms. The summed E-state index contributed by atoms with van der Waals surface area (Å²) >= 11 is 0. The quantitative estimate of drug-likeness (QED) is 0.566. The first-order valence-electron chi connectivity index (χ1n) is 7.73. The van der Waals surface area contributed by atoms with Crippen LogP contribution in [-0.2, 0) is 10.0 Å². The molecule has 0 saturated heterocycles. The van der Waals surface area contributed by atoms with Gasteiger partial charge < -0.3 is 4.98 Å². The molecule has 4 rings (SSSR count). The van der Waals surface area contributed by atoms with Gasteiger partial charge in [-0.1, -0.05) is 42.5 Å². The van der Waals surface area contributed by atoms with Gasteiger partial charge in [0.05, 0.1) is 11.2 Å². The topological polar surface area (TPSA) is 62.0 Å². The molecule has 0 amide bonds. The van der Waals surface area contributed by atoms with E-state index in [0.29, 0.717) is 5.39 Å². The van der Waals surface area contributed by atoms with Gasteiger partial charge in [-0.2, -0.15) is 0 Å². The predicted octanol–water partition coefficient (Wildman–Crippen LogP) is 4.57. The van der Waals surface area contributed by atoms with Gasteiger partial charge in [-0.05, 0) is 30.0 Å². The normalized spacial score (nSPS) is 11.9. The zero-order valence-electron chi connectivity index (χ0n) is 13.4. The predicted molar refractivity (Wildman–Crippen MR) is 97.8 cm³/mol. The van der Waals surface area contributed by atoms with E-state index < -0.39 is 15.8 Å². The minimum absolute atomic E-state index is 0.0688. The molecule has 0 atom stereocenters. The average Bonchev–Trinajstić information content (AvgIpc) is 3.03. The number of nitrogens with one attached hydrogen (secondary N) is 2. The fourth-order valence-corrected chi connectivity index (χ4v) is 4.21. The summed E-state index contributed by atoms with van der Waals surface area (Å²) in [7, 11) is -3.92. The second kappa shape index (κ2) is 5.60. The Balaban J connectivity index is 1.84. The minimum Gasteiger partial charge on any atom is -0.359 e. The lowest BCUT2D eigenvalue weighted by Crippen LogP contribution is -2.13. The highest BCUT2D eigenvalue weighted by atomic mass is 32.2. The van der Waals surface area contributed by atoms with Crippen molar-refractivity contribution in [2.45, 2.75) is 11.8 Å². The van der Waals surface area contributed by atoms with Crippen LogP contribution in [0.15, 0.2) is 65.7 Å². The Bertz CT molecular complexity index is 1210. The van der Waals surface area contributed by atoms with Crippen molar-refractivity contribution in [3.8, 4) is 0 Å². The maximum Gasteiger partial charge on any atom is 0.264 e. The van der Waals surface area contributed by atoms with Crippen LogP contribution in [0.4, 0.5) is 10.1 Å². The zero-order valence-corrected chi connectivity index (χ0v) is 14.2. The van der Waals surface area contributed by atoms with E-state index in [1.807, 2.05) is 30.3 Å². The van der Waals surface area contributed by atoms with Crippen LogP contribution in [-0.4, -0.2) is 13.4 Å². The highest BCUT2D eigenvalue weighted by Gasteiger charge is 2.21. The maximum absolute atomic E-state index is 14.0. The van der Waals surface area contributed by atoms with E-state index in [1.54, 1.807) is 19.1 Å². The Morgan fingerprint density at radius 1 is 1.00 bits per heavy atom. The molecule has 4 nitrogen and oxygen atoms in total. The van der Waals surface area contributed by atoms with Crippen LogP contribution in [0, 0.1) is 12.7 Å². The fraction of sp³-hybridized carbons (Fsp3) is 0.0526. The number of aromatic amines is 1. The van der Waals surface area contributed by atoms with E-state index >= 15 is 0 Å². The Morgan fingerprint density at radius 3 is 2.60 bits per heavy atom. The second-order valence-electron chi connectivity index (χ2n) is 5.95. The number of rotatable bonds is 3. The molecule has 1 aromatic heterocycles. The summed E-state index contributed by atoms with van der Waals surface area (Å²) in [5.41, 5.74) is 1.39. The SMILES string of the molecule is Cc1ccc(NS(=O)(=O)c2c[nH]c3c2ccc2ccccc23)c(F)c1. The number of anilines is 1. The third-order valence-corrected chi connectivity index (χ3v) is 5.61. The molecule has 0 bridgehead atoms. The summed E-state index contributed by atoms with van der Waals surface area (Å²) in [5.74, 6) is -0.603. The van der Waals surface area contributed by atoms with Gasteiger partial charge in [0, 0.05) is 17.0 Å². The summed E-state index contributed by atoms with van der Waals surface area (Å²) in [6, 6.07) is 15.7. The highest BCUT2D eigenvalue weighted by Crippen LogP contribution is 2.30. The summed E-state index contributed by atoms with van der Waals surface area (Å²) in [6.07, 6.45) is 1.44. The average molecular weight is 354 g/mol. The molecule has 126 valence electrons. The maximum atomic E-state index is 14.0. The molecule has 0 fully saturated rings. The van der Waals surface area contributed by atoms with Crippen LogP contribution in [0.1, 0.15) is 5.56 Å². The first-order valence-corrected chi connectivity index (χ1v) is 9.22. The Kier molecular flexibility index (Phi) is 3.51. The van der Waals surface area contributed by atoms with Crippen LogP contribution >= 0.6 is 0 Å². The molecule has 0 aliphatic carbocycles. The smallest absolute Gasteiger partial charge is 0.264 e. The van der Waals surface area contributed by atoms with Gasteiger partial charge in [-0.3, -0.25) is 4.72 Å². The van der Waals surface area contributed by atoms with Crippen molar-refractivity contribution in [3.63, 3.8) is 0 Å². The molecule has 3 aromatic carbocycles. The Morgan fingerprint density at radius 2 is 1.80 bits per heavy atom. The highest BCUT2D eigenvalue weighted by molar-refractivity contribution is 7.93. The molecule has 1 heterocycles. The van der Waals surface area contributed by atoms with Gasteiger partial charge in [-0.15, -0.1) is 0 Å². The lowest BCUT2D eigenvalue weighted by molar-refractivity contribution is 0.599. The summed E-state index contributed by atoms with van der Waals surface area (Å²) in [4.78, 5) is 3.12. The molecule has 0 radical (unpaired) electrons. The number of sulfonamides is 1. The minimum atomic E-state index is -3.92. The van der Waals surface area contributed by atoms with Crippen molar-refractivity contribution < 1.29 is 12.8 Å². The molecule has 25 heavy (non-hydrogen) atoms. The molecular weight excluding hydrogens is 339 g/mol. The van der Waals surface area contributed by atoms with Crippen LogP contribution in [0.3, 0.4) is 0 Å². The number of hydrogen-bond donors (Lipinski definition) is 2. The molecule has 2 N–H and O–H groups in total. The second-order valence-corrected chi connectivity index (χ2v) is 7.60. The van der Waals surface area contributed by atoms with E-state index in [0.717, 1.165) is 21.9 Å². The third-order valence-electron chi connectivity index (χ3n) is 4.20. The van der Waals surface area contributed by atoms with Crippen molar-refractivity contribution in [1.29, 1.82) is 0 Å². The first-order chi connectivity index (χ1) is 12.0. The largest absolute Gasteiger partial charge is 0.359 e. The van der Waals surface area contributed by atoms with Crippen LogP contribution in [0.2, 0.25) is 0 Å². The lowest BCUT2D eigenvalue weighted by atomic mass is 10.1. The molecular formula is C19H15FN2O2S. The monoisotopic (exact) mass is 354 g/mol. The number of aromatic nitrogens is 1. The van der Waals surface area contributed by atoms with Crippen molar-refractivity contribution >= 4 is 37.4 Å². The van der Waals surface area contributed by atoms with E-state index in [4.69, 9.17) is 0 Å². The fourth-order valence-electron chi connectivity index (χ4n) is 2.97. The van der Waals surface area contributed by atoms with Gasteiger partial charge in [0.15, 0.2) is 0 Å². The van der Waals surface area contributed by atoms with Crippen molar-refractivity contribution in [2.75, 3.05) is 4.72 Å².